The number of carbonyl (C=O) groups excluding carboxylic acids is 2. The van der Waals surface area contributed by atoms with Gasteiger partial charge in [-0.3, -0.25) is 24.5 Å². The number of halogens is 1. The van der Waals surface area contributed by atoms with Crippen LogP contribution in [0.1, 0.15) is 32.8 Å². The number of hydrogen-bond acceptors (Lipinski definition) is 6. The summed E-state index contributed by atoms with van der Waals surface area (Å²) < 4.78 is 0. The van der Waals surface area contributed by atoms with Crippen molar-refractivity contribution < 1.29 is 9.59 Å². The van der Waals surface area contributed by atoms with E-state index in [-0.39, 0.29) is 17.9 Å². The molecule has 1 aromatic carbocycles. The highest BCUT2D eigenvalue weighted by Crippen LogP contribution is 2.20. The minimum atomic E-state index is -0.207. The monoisotopic (exact) mass is 504 g/mol. The Morgan fingerprint density at radius 1 is 0.944 bits per heavy atom. The lowest BCUT2D eigenvalue weighted by molar-refractivity contribution is 0.0745. The van der Waals surface area contributed by atoms with Gasteiger partial charge in [0.1, 0.15) is 5.69 Å². The number of amides is 2. The number of rotatable bonds is 6. The van der Waals surface area contributed by atoms with Crippen LogP contribution in [0.25, 0.3) is 0 Å². The molecule has 186 valence electrons. The molecule has 4 heterocycles. The zero-order valence-corrected chi connectivity index (χ0v) is 20.8. The van der Waals surface area contributed by atoms with Crippen LogP contribution in [0.2, 0.25) is 5.02 Å². The van der Waals surface area contributed by atoms with Gasteiger partial charge < -0.3 is 15.1 Å². The first-order valence-electron chi connectivity index (χ1n) is 12.2. The quantitative estimate of drug-likeness (QED) is 0.555. The summed E-state index contributed by atoms with van der Waals surface area (Å²) in [6.07, 6.45) is 6.00. The van der Waals surface area contributed by atoms with Crippen LogP contribution >= 0.6 is 11.6 Å². The SMILES string of the molecule is O=C(N[C@H]1CCN(Cc2ccncc2)C1)c1ccc(C(=O)N2CCN(c3ccc(Cl)cc3)CC2)cn1. The van der Waals surface area contributed by atoms with E-state index in [1.54, 1.807) is 24.5 Å². The second kappa shape index (κ2) is 11.1. The van der Waals surface area contributed by atoms with E-state index >= 15 is 0 Å². The summed E-state index contributed by atoms with van der Waals surface area (Å²) in [6.45, 7) is 5.33. The summed E-state index contributed by atoms with van der Waals surface area (Å²) >= 11 is 5.98. The van der Waals surface area contributed by atoms with Crippen LogP contribution in [0.5, 0.6) is 0 Å². The van der Waals surface area contributed by atoms with Gasteiger partial charge in [0.25, 0.3) is 11.8 Å². The fourth-order valence-corrected chi connectivity index (χ4v) is 4.88. The standard InChI is InChI=1S/C27H29ClN6O2/c28-22-2-4-24(5-3-22)33-13-15-34(16-14-33)27(36)21-1-6-25(30-17-21)26(35)31-23-9-12-32(19-23)18-20-7-10-29-11-8-20/h1-8,10-11,17,23H,9,12-16,18-19H2,(H,31,35)/t23-/m0/s1. The van der Waals surface area contributed by atoms with E-state index in [0.29, 0.717) is 29.4 Å². The molecule has 2 aliphatic heterocycles. The Kier molecular flexibility index (Phi) is 7.44. The number of anilines is 1. The fourth-order valence-electron chi connectivity index (χ4n) is 4.76. The zero-order valence-electron chi connectivity index (χ0n) is 20.0. The zero-order chi connectivity index (χ0) is 24.9. The highest BCUT2D eigenvalue weighted by atomic mass is 35.5. The van der Waals surface area contributed by atoms with E-state index in [4.69, 9.17) is 11.6 Å². The Morgan fingerprint density at radius 3 is 2.39 bits per heavy atom. The molecule has 5 rings (SSSR count). The number of nitrogens with one attached hydrogen (secondary N) is 1. The van der Waals surface area contributed by atoms with Gasteiger partial charge in [-0.15, -0.1) is 0 Å². The minimum Gasteiger partial charge on any atom is -0.368 e. The molecule has 0 spiro atoms. The van der Waals surface area contributed by atoms with Gasteiger partial charge in [0.15, 0.2) is 0 Å². The minimum absolute atomic E-state index is 0.0623. The van der Waals surface area contributed by atoms with Gasteiger partial charge in [0.05, 0.1) is 5.56 Å². The maximum atomic E-state index is 13.0. The van der Waals surface area contributed by atoms with Gasteiger partial charge in [-0.2, -0.15) is 0 Å². The number of nitrogens with zero attached hydrogens (tertiary/aromatic N) is 5. The average Bonchev–Trinajstić information content (AvgIpc) is 3.36. The number of aromatic nitrogens is 2. The molecule has 0 aliphatic carbocycles. The topological polar surface area (TPSA) is 81.7 Å². The summed E-state index contributed by atoms with van der Waals surface area (Å²) in [5.41, 5.74) is 3.14. The highest BCUT2D eigenvalue weighted by molar-refractivity contribution is 6.30. The maximum Gasteiger partial charge on any atom is 0.270 e. The molecular formula is C27H29ClN6O2. The molecule has 2 aromatic heterocycles. The van der Waals surface area contributed by atoms with Crippen molar-refractivity contribution in [1.29, 1.82) is 0 Å². The third-order valence-corrected chi connectivity index (χ3v) is 7.02. The fraction of sp³-hybridized carbons (Fsp3) is 0.333. The predicted octanol–water partition coefficient (Wildman–Crippen LogP) is 3.10. The van der Waals surface area contributed by atoms with E-state index in [2.05, 4.69) is 25.1 Å². The molecule has 36 heavy (non-hydrogen) atoms. The van der Waals surface area contributed by atoms with Crippen LogP contribution in [-0.2, 0) is 6.54 Å². The molecule has 0 bridgehead atoms. The van der Waals surface area contributed by atoms with Crippen molar-refractivity contribution in [3.05, 3.63) is 89.0 Å². The van der Waals surface area contributed by atoms with E-state index in [0.717, 1.165) is 44.8 Å². The lowest BCUT2D eigenvalue weighted by atomic mass is 10.2. The summed E-state index contributed by atoms with van der Waals surface area (Å²) in [5, 5.41) is 3.79. The molecule has 2 amide bonds. The lowest BCUT2D eigenvalue weighted by Crippen LogP contribution is -2.48. The number of benzene rings is 1. The number of carbonyl (C=O) groups is 2. The molecule has 0 unspecified atom stereocenters. The smallest absolute Gasteiger partial charge is 0.270 e. The molecule has 2 aliphatic rings. The van der Waals surface area contributed by atoms with Crippen LogP contribution < -0.4 is 10.2 Å². The average molecular weight is 505 g/mol. The van der Waals surface area contributed by atoms with E-state index in [1.165, 1.54) is 11.8 Å². The molecule has 0 radical (unpaired) electrons. The Bertz CT molecular complexity index is 1180. The second-order valence-corrected chi connectivity index (χ2v) is 9.67. The van der Waals surface area contributed by atoms with Gasteiger partial charge in [-0.05, 0) is 60.5 Å². The van der Waals surface area contributed by atoms with Crippen LogP contribution in [0.4, 0.5) is 5.69 Å². The molecule has 0 saturated carbocycles. The maximum absolute atomic E-state index is 13.0. The van der Waals surface area contributed by atoms with Gasteiger partial charge in [0.2, 0.25) is 0 Å². The van der Waals surface area contributed by atoms with E-state index in [1.807, 2.05) is 41.3 Å². The van der Waals surface area contributed by atoms with Crippen LogP contribution in [-0.4, -0.2) is 76.9 Å². The van der Waals surface area contributed by atoms with Crippen molar-refractivity contribution in [3.8, 4) is 0 Å². The molecule has 3 aromatic rings. The number of pyridine rings is 2. The normalized spacial score (nSPS) is 18.3. The Labute approximate surface area is 215 Å². The van der Waals surface area contributed by atoms with Crippen LogP contribution in [0, 0.1) is 0 Å². The van der Waals surface area contributed by atoms with E-state index in [9.17, 15) is 9.59 Å². The summed E-state index contributed by atoms with van der Waals surface area (Å²) in [4.78, 5) is 40.4. The van der Waals surface area contributed by atoms with Gasteiger partial charge in [-0.1, -0.05) is 11.6 Å². The van der Waals surface area contributed by atoms with Crippen molar-refractivity contribution in [2.75, 3.05) is 44.2 Å². The van der Waals surface area contributed by atoms with Crippen LogP contribution in [0.3, 0.4) is 0 Å². The first-order chi connectivity index (χ1) is 17.5. The highest BCUT2D eigenvalue weighted by Gasteiger charge is 2.26. The third-order valence-electron chi connectivity index (χ3n) is 6.76. The third kappa shape index (κ3) is 5.83. The summed E-state index contributed by atoms with van der Waals surface area (Å²) in [6, 6.07) is 15.2. The summed E-state index contributed by atoms with van der Waals surface area (Å²) in [7, 11) is 0. The van der Waals surface area contributed by atoms with Crippen LogP contribution in [0.15, 0.2) is 67.1 Å². The molecule has 2 fully saturated rings. The predicted molar refractivity (Wildman–Crippen MR) is 139 cm³/mol. The summed E-state index contributed by atoms with van der Waals surface area (Å²) in [5.74, 6) is -0.269. The molecule has 9 heteroatoms. The number of likely N-dealkylation sites (tertiary alicyclic amines) is 1. The first kappa shape index (κ1) is 24.2. The van der Waals surface area contributed by atoms with Crippen molar-refractivity contribution in [2.24, 2.45) is 0 Å². The van der Waals surface area contributed by atoms with Crippen molar-refractivity contribution in [1.82, 2.24) is 25.1 Å². The molecular weight excluding hydrogens is 476 g/mol. The molecule has 1 atom stereocenters. The second-order valence-electron chi connectivity index (χ2n) is 9.24. The van der Waals surface area contributed by atoms with Gasteiger partial charge in [0, 0.05) is 81.2 Å². The Balaban J connectivity index is 1.10. The van der Waals surface area contributed by atoms with Crippen molar-refractivity contribution in [3.63, 3.8) is 0 Å². The molecule has 1 N–H and O–H groups in total. The van der Waals surface area contributed by atoms with Crippen molar-refractivity contribution in [2.45, 2.75) is 19.0 Å². The van der Waals surface area contributed by atoms with Gasteiger partial charge in [-0.25, -0.2) is 0 Å². The first-order valence-corrected chi connectivity index (χ1v) is 12.6. The van der Waals surface area contributed by atoms with E-state index < -0.39 is 0 Å². The number of piperazine rings is 1. The molecule has 8 nitrogen and oxygen atoms in total. The Morgan fingerprint density at radius 2 is 1.69 bits per heavy atom. The van der Waals surface area contributed by atoms with Crippen molar-refractivity contribution >= 4 is 29.1 Å². The Hall–Kier alpha value is -3.49. The lowest BCUT2D eigenvalue weighted by Gasteiger charge is -2.36. The largest absolute Gasteiger partial charge is 0.368 e. The molecule has 2 saturated heterocycles. The number of hydrogen-bond donors (Lipinski definition) is 1. The van der Waals surface area contributed by atoms with Gasteiger partial charge >= 0.3 is 0 Å².